The number of anilines is 1. The van der Waals surface area contributed by atoms with Gasteiger partial charge >= 0.3 is 12.0 Å². The molecule has 17 heavy (non-hydrogen) atoms. The van der Waals surface area contributed by atoms with Crippen LogP contribution in [0.15, 0.2) is 18.2 Å². The Labute approximate surface area is 106 Å². The molecular weight excluding hydrogens is 269 g/mol. The van der Waals surface area contributed by atoms with Gasteiger partial charge in [0.1, 0.15) is 0 Å². The summed E-state index contributed by atoms with van der Waals surface area (Å²) in [5, 5.41) is 10.0. The van der Waals surface area contributed by atoms with Gasteiger partial charge in [-0.2, -0.15) is 0 Å². The first-order chi connectivity index (χ1) is 7.81. The molecule has 0 aromatic heterocycles. The first kappa shape index (κ1) is 12.2. The van der Waals surface area contributed by atoms with E-state index in [4.69, 9.17) is 23.2 Å². The van der Waals surface area contributed by atoms with Gasteiger partial charge < -0.3 is 9.84 Å². The first-order valence-electron chi connectivity index (χ1n) is 4.57. The summed E-state index contributed by atoms with van der Waals surface area (Å²) in [7, 11) is 0. The van der Waals surface area contributed by atoms with Crippen molar-refractivity contribution in [3.05, 3.63) is 28.2 Å². The highest BCUT2D eigenvalue weighted by atomic mass is 35.5. The third-order valence-electron chi connectivity index (χ3n) is 2.17. The van der Waals surface area contributed by atoms with Crippen LogP contribution in [0.2, 0.25) is 10.0 Å². The Bertz CT molecular complexity index is 495. The lowest BCUT2D eigenvalue weighted by Gasteiger charge is -2.13. The number of amides is 2. The molecule has 1 heterocycles. The number of imide groups is 1. The normalized spacial score (nSPS) is 24.1. The van der Waals surface area contributed by atoms with Crippen molar-refractivity contribution in [1.29, 1.82) is 0 Å². The van der Waals surface area contributed by atoms with Crippen molar-refractivity contribution >= 4 is 40.9 Å². The van der Waals surface area contributed by atoms with E-state index < -0.39 is 17.8 Å². The molecule has 90 valence electrons. The monoisotopic (exact) mass is 275 g/mol. The zero-order valence-electron chi connectivity index (χ0n) is 8.61. The number of nitrogens with zero attached hydrogens (tertiary/aromatic N) is 1. The van der Waals surface area contributed by atoms with Crippen LogP contribution < -0.4 is 4.90 Å². The second kappa shape index (κ2) is 3.87. The van der Waals surface area contributed by atoms with Gasteiger partial charge in [0.2, 0.25) is 0 Å². The summed E-state index contributed by atoms with van der Waals surface area (Å²) in [5.41, 5.74) is 0.148. The second-order valence-corrected chi connectivity index (χ2v) is 4.49. The average molecular weight is 276 g/mol. The summed E-state index contributed by atoms with van der Waals surface area (Å²) < 4.78 is 4.51. The molecule has 0 aliphatic carbocycles. The van der Waals surface area contributed by atoms with Crippen molar-refractivity contribution in [2.45, 2.75) is 12.7 Å². The van der Waals surface area contributed by atoms with E-state index >= 15 is 0 Å². The summed E-state index contributed by atoms with van der Waals surface area (Å²) >= 11 is 11.5. The molecule has 7 heteroatoms. The molecule has 0 saturated carbocycles. The van der Waals surface area contributed by atoms with E-state index in [1.165, 1.54) is 18.2 Å². The lowest BCUT2D eigenvalue weighted by atomic mass is 10.2. The minimum absolute atomic E-state index is 0.148. The minimum Gasteiger partial charge on any atom is -0.407 e. The van der Waals surface area contributed by atoms with Gasteiger partial charge in [-0.3, -0.25) is 4.79 Å². The molecule has 1 unspecified atom stereocenters. The lowest BCUT2D eigenvalue weighted by Crippen LogP contribution is -2.38. The molecule has 1 fully saturated rings. The van der Waals surface area contributed by atoms with Crippen LogP contribution in [-0.4, -0.2) is 22.9 Å². The van der Waals surface area contributed by atoms with Crippen LogP contribution in [0.5, 0.6) is 0 Å². The van der Waals surface area contributed by atoms with Gasteiger partial charge in [-0.25, -0.2) is 9.69 Å². The predicted octanol–water partition coefficient (Wildman–Crippen LogP) is 2.19. The zero-order chi connectivity index (χ0) is 12.8. The Morgan fingerprint density at radius 3 is 2.18 bits per heavy atom. The molecule has 1 atom stereocenters. The van der Waals surface area contributed by atoms with E-state index in [1.54, 1.807) is 0 Å². The topological polar surface area (TPSA) is 66.8 Å². The van der Waals surface area contributed by atoms with Crippen molar-refractivity contribution in [3.63, 3.8) is 0 Å². The van der Waals surface area contributed by atoms with E-state index in [-0.39, 0.29) is 15.7 Å². The highest BCUT2D eigenvalue weighted by molar-refractivity contribution is 6.35. The van der Waals surface area contributed by atoms with Crippen molar-refractivity contribution in [2.24, 2.45) is 0 Å². The largest absolute Gasteiger partial charge is 0.424 e. The van der Waals surface area contributed by atoms with Crippen LogP contribution in [0.25, 0.3) is 0 Å². The van der Waals surface area contributed by atoms with Gasteiger partial charge in [-0.1, -0.05) is 23.2 Å². The lowest BCUT2D eigenvalue weighted by molar-refractivity contribution is -0.162. The Balaban J connectivity index is 2.47. The third kappa shape index (κ3) is 2.09. The van der Waals surface area contributed by atoms with Gasteiger partial charge in [-0.15, -0.1) is 0 Å². The van der Waals surface area contributed by atoms with Crippen molar-refractivity contribution in [2.75, 3.05) is 4.90 Å². The molecule has 1 aliphatic rings. The summed E-state index contributed by atoms with van der Waals surface area (Å²) in [4.78, 5) is 23.8. The van der Waals surface area contributed by atoms with Crippen LogP contribution in [0, 0.1) is 0 Å². The predicted molar refractivity (Wildman–Crippen MR) is 61.1 cm³/mol. The summed E-state index contributed by atoms with van der Waals surface area (Å²) in [6, 6.07) is 4.19. The number of carbonyl (C=O) groups is 2. The molecule has 0 spiro atoms. The first-order valence-corrected chi connectivity index (χ1v) is 5.33. The van der Waals surface area contributed by atoms with E-state index in [0.29, 0.717) is 4.90 Å². The zero-order valence-corrected chi connectivity index (χ0v) is 10.1. The number of cyclic esters (lactones) is 1. The van der Waals surface area contributed by atoms with Gasteiger partial charge in [0.05, 0.1) is 5.69 Å². The molecule has 2 amide bonds. The maximum atomic E-state index is 11.7. The molecule has 1 aromatic carbocycles. The quantitative estimate of drug-likeness (QED) is 0.853. The molecule has 5 nitrogen and oxygen atoms in total. The number of halogens is 2. The number of aliphatic hydroxyl groups is 1. The van der Waals surface area contributed by atoms with Gasteiger partial charge in [0.15, 0.2) is 0 Å². The number of hydrogen-bond acceptors (Lipinski definition) is 4. The SMILES string of the molecule is CC1(O)OC(=O)N(c2cc(Cl)cc(Cl)c2)C1=O. The number of carbonyl (C=O) groups excluding carboxylic acids is 2. The molecule has 0 bridgehead atoms. The maximum absolute atomic E-state index is 11.7. The Kier molecular flexibility index (Phi) is 2.77. The third-order valence-corrected chi connectivity index (χ3v) is 2.61. The standard InChI is InChI=1S/C10H7Cl2NO4/c1-10(16)8(14)13(9(15)17-10)7-3-5(11)2-6(12)4-7/h2-4,16H,1H3. The van der Waals surface area contributed by atoms with E-state index in [9.17, 15) is 14.7 Å². The fourth-order valence-electron chi connectivity index (χ4n) is 1.44. The average Bonchev–Trinajstić information content (AvgIpc) is 2.34. The molecule has 1 N–H and O–H groups in total. The molecular formula is C10H7Cl2NO4. The minimum atomic E-state index is -2.16. The highest BCUT2D eigenvalue weighted by Crippen LogP contribution is 2.31. The van der Waals surface area contributed by atoms with Crippen molar-refractivity contribution in [3.8, 4) is 0 Å². The number of benzene rings is 1. The van der Waals surface area contributed by atoms with Crippen molar-refractivity contribution in [1.82, 2.24) is 0 Å². The van der Waals surface area contributed by atoms with E-state index in [1.807, 2.05) is 0 Å². The fourth-order valence-corrected chi connectivity index (χ4v) is 1.96. The van der Waals surface area contributed by atoms with Crippen LogP contribution in [-0.2, 0) is 9.53 Å². The Morgan fingerprint density at radius 2 is 1.76 bits per heavy atom. The molecule has 1 aliphatic heterocycles. The molecule has 0 radical (unpaired) electrons. The van der Waals surface area contributed by atoms with E-state index in [2.05, 4.69) is 4.74 Å². The van der Waals surface area contributed by atoms with Crippen LogP contribution >= 0.6 is 23.2 Å². The second-order valence-electron chi connectivity index (χ2n) is 3.62. The highest BCUT2D eigenvalue weighted by Gasteiger charge is 2.50. The smallest absolute Gasteiger partial charge is 0.407 e. The molecule has 1 saturated heterocycles. The van der Waals surface area contributed by atoms with Gasteiger partial charge in [-0.05, 0) is 18.2 Å². The number of hydrogen-bond donors (Lipinski definition) is 1. The Hall–Kier alpha value is -1.30. The summed E-state index contributed by atoms with van der Waals surface area (Å²) in [5.74, 6) is -3.05. The van der Waals surface area contributed by atoms with Gasteiger partial charge in [0.25, 0.3) is 5.79 Å². The van der Waals surface area contributed by atoms with Crippen LogP contribution in [0.3, 0.4) is 0 Å². The van der Waals surface area contributed by atoms with Crippen LogP contribution in [0.4, 0.5) is 10.5 Å². The molecule has 1 aromatic rings. The Morgan fingerprint density at radius 1 is 1.24 bits per heavy atom. The maximum Gasteiger partial charge on any atom is 0.424 e. The van der Waals surface area contributed by atoms with E-state index in [0.717, 1.165) is 6.92 Å². The van der Waals surface area contributed by atoms with Gasteiger partial charge in [0, 0.05) is 17.0 Å². The van der Waals surface area contributed by atoms with Crippen molar-refractivity contribution < 1.29 is 19.4 Å². The number of rotatable bonds is 1. The summed E-state index contributed by atoms with van der Waals surface area (Å²) in [6.45, 7) is 1.08. The fraction of sp³-hybridized carbons (Fsp3) is 0.200. The summed E-state index contributed by atoms with van der Waals surface area (Å²) in [6.07, 6.45) is -0.974. The van der Waals surface area contributed by atoms with Crippen LogP contribution in [0.1, 0.15) is 6.92 Å². The number of ether oxygens (including phenoxy) is 1. The molecule has 2 rings (SSSR count).